The number of furan rings is 1. The molecule has 64 heavy (non-hydrogen) atoms. The van der Waals surface area contributed by atoms with Crippen LogP contribution >= 0.6 is 0 Å². The van der Waals surface area contributed by atoms with Gasteiger partial charge in [-0.3, -0.25) is 0 Å². The SMILES string of the molecule is C/C=C/c1ccc2c(c1)oc1ccccc12.C=C.CC.CCC.CCCC.CCCC.Cc1cccc(-c2ccc(C3=CCCC=C3)cc2)c1.Cc1ccccc1.Cc1ccccc1. The van der Waals surface area contributed by atoms with Crippen LogP contribution < -0.4 is 0 Å². The minimum absolute atomic E-state index is 0.954. The van der Waals surface area contributed by atoms with Crippen LogP contribution in [-0.2, 0) is 0 Å². The van der Waals surface area contributed by atoms with Crippen molar-refractivity contribution in [1.29, 1.82) is 0 Å². The number of rotatable bonds is 5. The molecule has 0 unspecified atom stereocenters. The van der Waals surface area contributed by atoms with E-state index in [4.69, 9.17) is 4.42 Å². The molecule has 0 saturated carbocycles. The van der Waals surface area contributed by atoms with Gasteiger partial charge in [0, 0.05) is 10.8 Å². The number of hydrogen-bond donors (Lipinski definition) is 0. The van der Waals surface area contributed by atoms with Crippen LogP contribution in [0.25, 0.3) is 44.7 Å². The molecule has 1 heteroatoms. The Morgan fingerprint density at radius 2 is 0.969 bits per heavy atom. The van der Waals surface area contributed by atoms with Crippen molar-refractivity contribution >= 4 is 33.6 Å². The average molecular weight is 857 g/mol. The predicted molar refractivity (Wildman–Crippen MR) is 293 cm³/mol. The van der Waals surface area contributed by atoms with Gasteiger partial charge in [0.2, 0.25) is 0 Å². The van der Waals surface area contributed by atoms with Crippen LogP contribution in [0.15, 0.2) is 194 Å². The van der Waals surface area contributed by atoms with Crippen LogP contribution in [0.2, 0.25) is 0 Å². The second-order valence-corrected chi connectivity index (χ2v) is 15.0. The van der Waals surface area contributed by atoms with Gasteiger partial charge in [-0.25, -0.2) is 0 Å². The molecule has 0 saturated heterocycles. The first-order chi connectivity index (χ1) is 31.2. The highest BCUT2D eigenvalue weighted by atomic mass is 16.3. The van der Waals surface area contributed by atoms with E-state index in [0.29, 0.717) is 0 Å². The molecule has 7 aromatic rings. The molecule has 0 N–H and O–H groups in total. The summed E-state index contributed by atoms with van der Waals surface area (Å²) in [6, 6.07) is 52.5. The van der Waals surface area contributed by atoms with Gasteiger partial charge in [-0.1, -0.05) is 268 Å². The van der Waals surface area contributed by atoms with Gasteiger partial charge in [0.15, 0.2) is 0 Å². The molecule has 1 heterocycles. The Morgan fingerprint density at radius 3 is 1.42 bits per heavy atom. The van der Waals surface area contributed by atoms with Gasteiger partial charge in [0.1, 0.15) is 11.2 Å². The Kier molecular flexibility index (Phi) is 35.1. The van der Waals surface area contributed by atoms with Crippen molar-refractivity contribution in [1.82, 2.24) is 0 Å². The largest absolute Gasteiger partial charge is 0.456 e. The van der Waals surface area contributed by atoms with Crippen LogP contribution in [0.3, 0.4) is 0 Å². The molecular weight excluding hydrogens is 773 g/mol. The number of fused-ring (bicyclic) bond motifs is 3. The van der Waals surface area contributed by atoms with Crippen LogP contribution in [0, 0.1) is 20.8 Å². The van der Waals surface area contributed by atoms with Crippen molar-refractivity contribution in [3.8, 4) is 11.1 Å². The second-order valence-electron chi connectivity index (χ2n) is 15.0. The molecule has 0 fully saturated rings. The lowest BCUT2D eigenvalue weighted by molar-refractivity contribution is 0.669. The van der Waals surface area contributed by atoms with Crippen molar-refractivity contribution in [3.63, 3.8) is 0 Å². The van der Waals surface area contributed by atoms with Crippen molar-refractivity contribution in [2.24, 2.45) is 0 Å². The molecule has 1 aromatic heterocycles. The monoisotopic (exact) mass is 857 g/mol. The molecule has 0 aliphatic heterocycles. The molecule has 0 bridgehead atoms. The third-order valence-electron chi connectivity index (χ3n) is 9.21. The van der Waals surface area contributed by atoms with E-state index in [1.807, 2.05) is 81.4 Å². The third kappa shape index (κ3) is 24.6. The highest BCUT2D eigenvalue weighted by Gasteiger charge is 2.06. The van der Waals surface area contributed by atoms with Crippen LogP contribution in [0.5, 0.6) is 0 Å². The van der Waals surface area contributed by atoms with Crippen LogP contribution in [0.1, 0.15) is 135 Å². The van der Waals surface area contributed by atoms with E-state index in [1.165, 1.54) is 93.8 Å². The zero-order valence-corrected chi connectivity index (χ0v) is 42.1. The molecule has 1 aliphatic carbocycles. The Hall–Kier alpha value is -5.92. The summed E-state index contributed by atoms with van der Waals surface area (Å²) < 4.78 is 5.81. The number of unbranched alkanes of at least 4 members (excludes halogenated alkanes) is 2. The minimum Gasteiger partial charge on any atom is -0.456 e. The Balaban J connectivity index is 0.000000789. The average Bonchev–Trinajstić information content (AvgIpc) is 3.73. The molecule has 6 aromatic carbocycles. The lowest BCUT2D eigenvalue weighted by atomic mass is 9.96. The van der Waals surface area contributed by atoms with Crippen molar-refractivity contribution in [2.75, 3.05) is 0 Å². The first-order valence-corrected chi connectivity index (χ1v) is 23.9. The van der Waals surface area contributed by atoms with Gasteiger partial charge >= 0.3 is 0 Å². The van der Waals surface area contributed by atoms with E-state index < -0.39 is 0 Å². The maximum Gasteiger partial charge on any atom is 0.136 e. The van der Waals surface area contributed by atoms with Crippen molar-refractivity contribution in [2.45, 2.75) is 128 Å². The van der Waals surface area contributed by atoms with E-state index in [1.54, 1.807) is 0 Å². The number of para-hydroxylation sites is 1. The first-order valence-electron chi connectivity index (χ1n) is 23.9. The summed E-state index contributed by atoms with van der Waals surface area (Å²) in [7, 11) is 0. The van der Waals surface area contributed by atoms with Crippen molar-refractivity contribution < 1.29 is 4.42 Å². The molecule has 0 radical (unpaired) electrons. The Labute approximate surface area is 392 Å². The fourth-order valence-electron chi connectivity index (χ4n) is 5.61. The van der Waals surface area contributed by atoms with Gasteiger partial charge in [0.05, 0.1) is 0 Å². The summed E-state index contributed by atoms with van der Waals surface area (Å²) in [5.74, 6) is 0. The van der Waals surface area contributed by atoms with Gasteiger partial charge < -0.3 is 4.42 Å². The zero-order valence-electron chi connectivity index (χ0n) is 42.1. The molecule has 0 atom stereocenters. The van der Waals surface area contributed by atoms with Gasteiger partial charge in [-0.2, -0.15) is 0 Å². The normalized spacial score (nSPS) is 10.5. The number of benzene rings is 6. The Bertz CT molecular complexity index is 2190. The maximum absolute atomic E-state index is 5.81. The summed E-state index contributed by atoms with van der Waals surface area (Å²) in [4.78, 5) is 0. The van der Waals surface area contributed by atoms with Crippen LogP contribution in [-0.4, -0.2) is 0 Å². The van der Waals surface area contributed by atoms with E-state index >= 15 is 0 Å². The molecular formula is C63H84O. The predicted octanol–water partition coefficient (Wildman–Crippen LogP) is 20.9. The maximum atomic E-state index is 5.81. The summed E-state index contributed by atoms with van der Waals surface area (Å²) >= 11 is 0. The standard InChI is InChI=1S/C19H18.C15H12O.2C7H8.2C4H10.C3H8.C2H6.C2H4/c1-15-6-5-9-19(14-15)18-12-10-17(11-13-18)16-7-3-2-4-8-16;1-2-5-11-8-9-13-12-6-3-4-7-14(12)16-15(13)10-11;2*1-7-5-3-2-4-6-7;2*1-3-4-2;1-3-2;2*1-2/h3,5-14H,2,4H2,1H3;2-10H,1H3;2*2-6H,1H3;2*3-4H2,1-2H3;3H2,1-2H3;1-2H3;1-2H2/b;5-2+;;;;;;;. The summed E-state index contributed by atoms with van der Waals surface area (Å²) in [5, 5.41) is 2.37. The highest BCUT2D eigenvalue weighted by molar-refractivity contribution is 6.05. The van der Waals surface area contributed by atoms with Gasteiger partial charge in [0.25, 0.3) is 0 Å². The summed E-state index contributed by atoms with van der Waals surface area (Å²) in [6.07, 6.45) is 19.8. The Morgan fingerprint density at radius 1 is 0.484 bits per heavy atom. The first kappa shape index (κ1) is 58.1. The number of hydrogen-bond acceptors (Lipinski definition) is 1. The van der Waals surface area contributed by atoms with Gasteiger partial charge in [-0.15, -0.1) is 13.2 Å². The van der Waals surface area contributed by atoms with Gasteiger partial charge in [-0.05, 0) is 86.6 Å². The zero-order chi connectivity index (χ0) is 47.8. The van der Waals surface area contributed by atoms with E-state index in [-0.39, 0.29) is 0 Å². The van der Waals surface area contributed by atoms with E-state index in [2.05, 4.69) is 197 Å². The number of allylic oxidation sites excluding steroid dienone is 5. The molecule has 1 nitrogen and oxygen atoms in total. The molecule has 8 rings (SSSR count). The number of aryl methyl sites for hydroxylation is 3. The topological polar surface area (TPSA) is 13.1 Å². The fourth-order valence-corrected chi connectivity index (χ4v) is 5.61. The lowest BCUT2D eigenvalue weighted by Gasteiger charge is -2.09. The fraction of sp³-hybridized carbons (Fsp3) is 0.302. The molecule has 342 valence electrons. The van der Waals surface area contributed by atoms with Crippen molar-refractivity contribution in [3.05, 3.63) is 217 Å². The quantitative estimate of drug-likeness (QED) is 0.157. The minimum atomic E-state index is 0.954. The van der Waals surface area contributed by atoms with E-state index in [0.717, 1.165) is 17.6 Å². The van der Waals surface area contributed by atoms with Crippen LogP contribution in [0.4, 0.5) is 0 Å². The lowest BCUT2D eigenvalue weighted by Crippen LogP contribution is -1.86. The second kappa shape index (κ2) is 38.7. The molecule has 1 aliphatic rings. The third-order valence-corrected chi connectivity index (χ3v) is 9.21. The summed E-state index contributed by atoms with van der Waals surface area (Å²) in [6.45, 7) is 31.3. The molecule has 0 amide bonds. The smallest absolute Gasteiger partial charge is 0.136 e. The van der Waals surface area contributed by atoms with E-state index in [9.17, 15) is 0 Å². The summed E-state index contributed by atoms with van der Waals surface area (Å²) in [5.41, 5.74) is 12.3. The molecule has 0 spiro atoms. The highest BCUT2D eigenvalue weighted by Crippen LogP contribution is 2.29.